The van der Waals surface area contributed by atoms with Gasteiger partial charge in [-0.05, 0) is 59.0 Å². The lowest BCUT2D eigenvalue weighted by Gasteiger charge is -2.36. The number of nitrogens with one attached hydrogen (secondary N) is 2. The molecule has 0 atom stereocenters. The predicted octanol–water partition coefficient (Wildman–Crippen LogP) is 7.63. The van der Waals surface area contributed by atoms with E-state index in [0.29, 0.717) is 42.5 Å². The topological polar surface area (TPSA) is 126 Å². The van der Waals surface area contributed by atoms with Crippen molar-refractivity contribution in [1.29, 1.82) is 0 Å². The molecule has 1 amide bonds. The maximum Gasteiger partial charge on any atom is 0.275 e. The van der Waals surface area contributed by atoms with E-state index in [4.69, 9.17) is 21.1 Å². The molecule has 1 aliphatic heterocycles. The van der Waals surface area contributed by atoms with Crippen LogP contribution < -0.4 is 19.7 Å². The second-order valence-corrected chi connectivity index (χ2v) is 13.9. The standard InChI is InChI=1S/C42H46ClN9O3/c1-3-4-17-38-45-40(43)39(52(38)29-30-18-20-31(21-19-30)34-13-5-6-14-35(34)41-46-48-49-47-41)42(53)44-32-11-9-12-33(28-32)55-27-10-22-50-23-25-51(26-24-50)36-15-7-8-16-37(36)54-2/h5-9,11-16,18-21,28H,3-4,10,17,22-27,29H2,1-2H3,(H,44,53)(H,46,47,48,49). The summed E-state index contributed by atoms with van der Waals surface area (Å²) < 4.78 is 13.6. The average Bonchev–Trinajstić information content (AvgIpc) is 3.87. The molecule has 1 aliphatic rings. The normalized spacial score (nSPS) is 13.2. The fourth-order valence-electron chi connectivity index (χ4n) is 6.99. The summed E-state index contributed by atoms with van der Waals surface area (Å²) in [6.45, 7) is 7.98. The summed E-state index contributed by atoms with van der Waals surface area (Å²) in [5, 5.41) is 17.8. The van der Waals surface area contributed by atoms with E-state index in [1.165, 1.54) is 0 Å². The summed E-state index contributed by atoms with van der Waals surface area (Å²) in [4.78, 5) is 23.4. The van der Waals surface area contributed by atoms with Crippen LogP contribution in [-0.2, 0) is 13.0 Å². The third-order valence-electron chi connectivity index (χ3n) is 9.87. The lowest BCUT2D eigenvalue weighted by atomic mass is 9.98. The lowest BCUT2D eigenvalue weighted by molar-refractivity contribution is 0.101. The number of carbonyl (C=O) groups excluding carboxylic acids is 1. The van der Waals surface area contributed by atoms with Gasteiger partial charge in [-0.25, -0.2) is 4.98 Å². The van der Waals surface area contributed by atoms with Crippen molar-refractivity contribution in [3.8, 4) is 34.0 Å². The summed E-state index contributed by atoms with van der Waals surface area (Å²) in [5.74, 6) is 2.60. The van der Waals surface area contributed by atoms with E-state index in [0.717, 1.165) is 91.5 Å². The number of hydrogen-bond donors (Lipinski definition) is 2. The van der Waals surface area contributed by atoms with E-state index < -0.39 is 0 Å². The van der Waals surface area contributed by atoms with E-state index >= 15 is 0 Å². The van der Waals surface area contributed by atoms with Crippen LogP contribution in [-0.4, -0.2) is 87.4 Å². The van der Waals surface area contributed by atoms with Gasteiger partial charge < -0.3 is 24.3 Å². The highest BCUT2D eigenvalue weighted by Crippen LogP contribution is 2.31. The molecule has 12 nitrogen and oxygen atoms in total. The number of aromatic nitrogens is 6. The first-order chi connectivity index (χ1) is 27.0. The molecule has 3 heterocycles. The third kappa shape index (κ3) is 9.15. The first-order valence-electron chi connectivity index (χ1n) is 18.8. The van der Waals surface area contributed by atoms with Crippen LogP contribution in [0.4, 0.5) is 11.4 Å². The number of benzene rings is 4. The number of para-hydroxylation sites is 2. The van der Waals surface area contributed by atoms with E-state index in [1.54, 1.807) is 7.11 Å². The molecule has 0 aliphatic carbocycles. The summed E-state index contributed by atoms with van der Waals surface area (Å²) in [7, 11) is 1.72. The fourth-order valence-corrected chi connectivity index (χ4v) is 7.28. The summed E-state index contributed by atoms with van der Waals surface area (Å²) in [6.07, 6.45) is 3.53. The summed E-state index contributed by atoms with van der Waals surface area (Å²) in [6, 6.07) is 31.9. The van der Waals surface area contributed by atoms with Crippen molar-refractivity contribution < 1.29 is 14.3 Å². The molecule has 6 aromatic rings. The molecule has 0 radical (unpaired) electrons. The lowest BCUT2D eigenvalue weighted by Crippen LogP contribution is -2.46. The molecule has 0 unspecified atom stereocenters. The molecule has 1 fully saturated rings. The number of tetrazole rings is 1. The minimum Gasteiger partial charge on any atom is -0.495 e. The van der Waals surface area contributed by atoms with Gasteiger partial charge in [-0.2, -0.15) is 5.21 Å². The van der Waals surface area contributed by atoms with Gasteiger partial charge in [-0.1, -0.05) is 91.7 Å². The predicted molar refractivity (Wildman–Crippen MR) is 216 cm³/mol. The molecule has 13 heteroatoms. The van der Waals surface area contributed by atoms with Crippen molar-refractivity contribution >= 4 is 28.9 Å². The zero-order valence-electron chi connectivity index (χ0n) is 31.2. The molecule has 7 rings (SSSR count). The number of amides is 1. The largest absolute Gasteiger partial charge is 0.495 e. The summed E-state index contributed by atoms with van der Waals surface area (Å²) in [5.41, 5.74) is 6.01. The number of carbonyl (C=O) groups is 1. The number of hydrogen-bond acceptors (Lipinski definition) is 9. The number of ether oxygens (including phenoxy) is 2. The second kappa shape index (κ2) is 18.1. The van der Waals surface area contributed by atoms with Crippen LogP contribution in [0.3, 0.4) is 0 Å². The fraction of sp³-hybridized carbons (Fsp3) is 0.310. The number of nitrogens with zero attached hydrogens (tertiary/aromatic N) is 7. The van der Waals surface area contributed by atoms with Crippen LogP contribution in [0.2, 0.25) is 5.15 Å². The highest BCUT2D eigenvalue weighted by atomic mass is 35.5. The van der Waals surface area contributed by atoms with Gasteiger partial charge in [-0.3, -0.25) is 9.69 Å². The van der Waals surface area contributed by atoms with Gasteiger partial charge in [0.25, 0.3) is 5.91 Å². The minimum absolute atomic E-state index is 0.186. The van der Waals surface area contributed by atoms with Gasteiger partial charge in [0.1, 0.15) is 23.0 Å². The number of unbranched alkanes of at least 4 members (excludes halogenated alkanes) is 1. The van der Waals surface area contributed by atoms with Crippen LogP contribution in [0.5, 0.6) is 11.5 Å². The smallest absolute Gasteiger partial charge is 0.275 e. The van der Waals surface area contributed by atoms with Gasteiger partial charge in [0.15, 0.2) is 5.15 Å². The molecule has 284 valence electrons. The molecule has 0 bridgehead atoms. The van der Waals surface area contributed by atoms with Crippen LogP contribution in [0.1, 0.15) is 48.1 Å². The number of methoxy groups -OCH3 is 1. The van der Waals surface area contributed by atoms with Crippen molar-refractivity contribution in [2.24, 2.45) is 0 Å². The quantitative estimate of drug-likeness (QED) is 0.0959. The van der Waals surface area contributed by atoms with Crippen molar-refractivity contribution in [1.82, 2.24) is 35.1 Å². The van der Waals surface area contributed by atoms with Crippen molar-refractivity contribution in [2.75, 3.05) is 56.7 Å². The van der Waals surface area contributed by atoms with Crippen LogP contribution in [0, 0.1) is 0 Å². The molecular weight excluding hydrogens is 714 g/mol. The molecule has 4 aromatic carbocycles. The van der Waals surface area contributed by atoms with E-state index in [-0.39, 0.29) is 11.1 Å². The Morgan fingerprint density at radius 3 is 2.45 bits per heavy atom. The number of imidazole rings is 1. The molecule has 0 saturated carbocycles. The number of aryl methyl sites for hydroxylation is 1. The Hall–Kier alpha value is -5.72. The number of piperazine rings is 1. The monoisotopic (exact) mass is 759 g/mol. The SMILES string of the molecule is CCCCc1nc(Cl)c(C(=O)Nc2cccc(OCCCN3CCN(c4ccccc4OC)CC3)c2)n1Cc1ccc(-c2ccccc2-c2nn[nH]n2)cc1. The highest BCUT2D eigenvalue weighted by Gasteiger charge is 2.23. The van der Waals surface area contributed by atoms with Crippen LogP contribution >= 0.6 is 11.6 Å². The molecule has 0 spiro atoms. The maximum atomic E-state index is 13.9. The van der Waals surface area contributed by atoms with Gasteiger partial charge in [0.2, 0.25) is 5.82 Å². The maximum absolute atomic E-state index is 13.9. The Bertz CT molecular complexity index is 2160. The van der Waals surface area contributed by atoms with E-state index in [2.05, 4.69) is 84.0 Å². The minimum atomic E-state index is -0.324. The Kier molecular flexibility index (Phi) is 12.4. The third-order valence-corrected chi connectivity index (χ3v) is 10.1. The molecule has 2 N–H and O–H groups in total. The zero-order valence-corrected chi connectivity index (χ0v) is 32.0. The Balaban J connectivity index is 0.967. The number of H-pyrrole nitrogens is 1. The Morgan fingerprint density at radius 1 is 0.909 bits per heavy atom. The second-order valence-electron chi connectivity index (χ2n) is 13.5. The molecule has 2 aromatic heterocycles. The first kappa shape index (κ1) is 37.6. The van der Waals surface area contributed by atoms with Crippen molar-refractivity contribution in [3.05, 3.63) is 119 Å². The van der Waals surface area contributed by atoms with Crippen molar-refractivity contribution in [3.63, 3.8) is 0 Å². The molecule has 55 heavy (non-hydrogen) atoms. The van der Waals surface area contributed by atoms with Crippen LogP contribution in [0.25, 0.3) is 22.5 Å². The Labute approximate surface area is 326 Å². The van der Waals surface area contributed by atoms with E-state index in [9.17, 15) is 4.79 Å². The number of rotatable bonds is 16. The highest BCUT2D eigenvalue weighted by molar-refractivity contribution is 6.33. The number of halogens is 1. The first-order valence-corrected chi connectivity index (χ1v) is 19.2. The van der Waals surface area contributed by atoms with Gasteiger partial charge in [0, 0.05) is 63.0 Å². The van der Waals surface area contributed by atoms with Gasteiger partial charge >= 0.3 is 0 Å². The average molecular weight is 760 g/mol. The zero-order chi connectivity index (χ0) is 38.0. The summed E-state index contributed by atoms with van der Waals surface area (Å²) >= 11 is 6.71. The van der Waals surface area contributed by atoms with Gasteiger partial charge in [-0.15, -0.1) is 10.2 Å². The van der Waals surface area contributed by atoms with Crippen molar-refractivity contribution in [2.45, 2.75) is 39.2 Å². The molecule has 1 saturated heterocycles. The Morgan fingerprint density at radius 2 is 1.69 bits per heavy atom. The van der Waals surface area contributed by atoms with Gasteiger partial charge in [0.05, 0.1) is 19.4 Å². The van der Waals surface area contributed by atoms with E-state index in [1.807, 2.05) is 65.2 Å². The molecular formula is C42H46ClN9O3. The number of anilines is 2. The van der Waals surface area contributed by atoms with Crippen LogP contribution in [0.15, 0.2) is 97.1 Å². The number of aromatic amines is 1.